The van der Waals surface area contributed by atoms with Crippen LogP contribution >= 0.6 is 0 Å². The molecule has 0 radical (unpaired) electrons. The van der Waals surface area contributed by atoms with Crippen molar-refractivity contribution in [2.75, 3.05) is 39.8 Å². The molecule has 0 aliphatic carbocycles. The van der Waals surface area contributed by atoms with Gasteiger partial charge in [-0.25, -0.2) is 4.98 Å². The molecule has 0 aliphatic rings. The first-order valence-electron chi connectivity index (χ1n) is 21.4. The smallest absolute Gasteiger partial charge is 0.243 e. The summed E-state index contributed by atoms with van der Waals surface area (Å²) in [4.78, 5) is 74.5. The Morgan fingerprint density at radius 2 is 1.51 bits per heavy atom. The minimum atomic E-state index is -1.18. The molecule has 13 N–H and O–H groups in total. The number of hydrogen-bond donors (Lipinski definition) is 11. The molecule has 5 aromatic rings. The van der Waals surface area contributed by atoms with E-state index in [4.69, 9.17) is 10.8 Å². The largest absolute Gasteiger partial charge is 0.394 e. The number of carbonyl (C=O) groups is 5. The van der Waals surface area contributed by atoms with Crippen molar-refractivity contribution in [3.63, 3.8) is 0 Å². The van der Waals surface area contributed by atoms with Gasteiger partial charge in [-0.3, -0.25) is 29.0 Å². The number of aromatic nitrogens is 3. The van der Waals surface area contributed by atoms with Gasteiger partial charge in [0.1, 0.15) is 12.1 Å². The number of aliphatic hydroxyl groups is 2. The predicted molar refractivity (Wildman–Crippen MR) is 255 cm³/mol. The molecule has 1 unspecified atom stereocenters. The average molecular weight is 900 g/mol. The van der Waals surface area contributed by atoms with E-state index >= 15 is 0 Å². The molecule has 5 amide bonds. The Bertz CT molecular complexity index is 2050. The normalized spacial score (nSPS) is 11.5. The van der Waals surface area contributed by atoms with Crippen LogP contribution in [0.1, 0.15) is 55.0 Å². The Labute approximate surface area is 381 Å². The van der Waals surface area contributed by atoms with E-state index in [9.17, 15) is 29.1 Å². The zero-order chi connectivity index (χ0) is 48.1. The number of rotatable bonds is 21. The zero-order valence-corrected chi connectivity index (χ0v) is 38.0. The van der Waals surface area contributed by atoms with Crippen LogP contribution in [0, 0.1) is 13.8 Å². The van der Waals surface area contributed by atoms with Gasteiger partial charge in [0.15, 0.2) is 0 Å². The first-order valence-corrected chi connectivity index (χ1v) is 21.4. The van der Waals surface area contributed by atoms with Crippen molar-refractivity contribution in [3.8, 4) is 0 Å². The molecule has 65 heavy (non-hydrogen) atoms. The van der Waals surface area contributed by atoms with Crippen molar-refractivity contribution in [2.24, 2.45) is 16.5 Å². The van der Waals surface area contributed by atoms with Crippen molar-refractivity contribution in [1.29, 1.82) is 0 Å². The molecule has 0 saturated carbocycles. The number of aliphatic hydroxyl groups excluding tert-OH is 2. The van der Waals surface area contributed by atoms with Crippen LogP contribution in [0.25, 0.3) is 10.9 Å². The molecule has 2 heterocycles. The van der Waals surface area contributed by atoms with Gasteiger partial charge in [0.05, 0.1) is 38.5 Å². The van der Waals surface area contributed by atoms with Gasteiger partial charge in [0.2, 0.25) is 30.0 Å². The maximum absolute atomic E-state index is 13.3. The number of carbonyl (C=O) groups excluding carboxylic acids is 5. The number of nitrogens with zero attached hydrogens (tertiary/aromatic N) is 2. The minimum Gasteiger partial charge on any atom is -0.394 e. The molecule has 354 valence electrons. The van der Waals surface area contributed by atoms with Crippen molar-refractivity contribution in [1.82, 2.24) is 41.5 Å². The first-order chi connectivity index (χ1) is 31.5. The lowest BCUT2D eigenvalue weighted by atomic mass is 10.0. The summed E-state index contributed by atoms with van der Waals surface area (Å²) in [5.74, 6) is -2.51. The second-order valence-corrected chi connectivity index (χ2v) is 14.3. The highest BCUT2D eigenvalue weighted by atomic mass is 16.3. The number of H-pyrrole nitrogens is 2. The van der Waals surface area contributed by atoms with Crippen LogP contribution in [0.5, 0.6) is 0 Å². The van der Waals surface area contributed by atoms with Crippen LogP contribution in [-0.2, 0) is 36.8 Å². The van der Waals surface area contributed by atoms with Crippen LogP contribution in [-0.4, -0.2) is 120 Å². The van der Waals surface area contributed by atoms with Gasteiger partial charge in [0, 0.05) is 48.5 Å². The maximum atomic E-state index is 13.3. The molecule has 0 spiro atoms. The number of nitrogens with one attached hydrogen (secondary N) is 7. The Hall–Kier alpha value is -6.89. The number of aromatic amines is 2. The van der Waals surface area contributed by atoms with Crippen LogP contribution < -0.4 is 38.1 Å². The molecular weight excluding hydrogens is 831 g/mol. The topological polar surface area (TPSA) is 295 Å². The minimum absolute atomic E-state index is 0.0920. The molecule has 5 rings (SSSR count). The highest BCUT2D eigenvalue weighted by Gasteiger charge is 2.28. The van der Waals surface area contributed by atoms with E-state index < -0.39 is 55.0 Å². The number of fused-ring (bicyclic) bond motifs is 1. The third kappa shape index (κ3) is 25.7. The molecule has 18 nitrogen and oxygen atoms in total. The number of imidazole rings is 1. The van der Waals surface area contributed by atoms with E-state index in [-0.39, 0.29) is 25.9 Å². The van der Waals surface area contributed by atoms with Gasteiger partial charge >= 0.3 is 0 Å². The van der Waals surface area contributed by atoms with Crippen molar-refractivity contribution in [3.05, 3.63) is 126 Å². The van der Waals surface area contributed by atoms with Crippen molar-refractivity contribution in [2.45, 2.75) is 77.5 Å². The zero-order valence-electron chi connectivity index (χ0n) is 38.0. The predicted octanol–water partition coefficient (Wildman–Crippen LogP) is 2.10. The fourth-order valence-electron chi connectivity index (χ4n) is 5.64. The molecule has 18 heteroatoms. The SMILES string of the molecule is CCCCc1ccccc1.CN.Cc1ccccc1.Cc1cnc[nH]1.NC=NCCC[C@H](NC(=O)CNC(=O)CNC=O)C(=O)N[C@@H](Cc1c[nH]c2ccccc12)C(=O)NCC(O)CO. The molecule has 0 bridgehead atoms. The third-order valence-electron chi connectivity index (χ3n) is 9.02. The lowest BCUT2D eigenvalue weighted by molar-refractivity contribution is -0.132. The summed E-state index contributed by atoms with van der Waals surface area (Å²) in [6.45, 7) is 5.03. The lowest BCUT2D eigenvalue weighted by Gasteiger charge is -2.23. The van der Waals surface area contributed by atoms with Gasteiger partial charge in [0.25, 0.3) is 0 Å². The van der Waals surface area contributed by atoms with Gasteiger partial charge in [-0.1, -0.05) is 97.8 Å². The fourth-order valence-corrected chi connectivity index (χ4v) is 5.64. The third-order valence-corrected chi connectivity index (χ3v) is 9.02. The number of para-hydroxylation sites is 1. The Morgan fingerprint density at radius 3 is 2.08 bits per heavy atom. The van der Waals surface area contributed by atoms with Crippen LogP contribution in [0.3, 0.4) is 0 Å². The average Bonchev–Trinajstić information content (AvgIpc) is 3.99. The monoisotopic (exact) mass is 900 g/mol. The van der Waals surface area contributed by atoms with E-state index in [1.165, 1.54) is 37.4 Å². The van der Waals surface area contributed by atoms with E-state index in [1.54, 1.807) is 18.7 Å². The van der Waals surface area contributed by atoms with E-state index in [2.05, 4.69) is 109 Å². The highest BCUT2D eigenvalue weighted by Crippen LogP contribution is 2.19. The number of nitrogens with two attached hydrogens (primary N) is 2. The van der Waals surface area contributed by atoms with Gasteiger partial charge in [-0.05, 0) is 63.8 Å². The van der Waals surface area contributed by atoms with Crippen molar-refractivity contribution >= 4 is 47.3 Å². The number of benzene rings is 3. The molecule has 0 saturated heterocycles. The lowest BCUT2D eigenvalue weighted by Crippen LogP contribution is -2.56. The highest BCUT2D eigenvalue weighted by molar-refractivity contribution is 5.94. The number of unbranched alkanes of at least 4 members (excludes halogenated alkanes) is 1. The molecule has 3 atom stereocenters. The summed E-state index contributed by atoms with van der Waals surface area (Å²) in [5, 5.41) is 31.8. The molecular formula is C47H69N11O7. The number of hydrogen-bond acceptors (Lipinski definition) is 10. The number of aliphatic imine (C=N–C) groups is 1. The summed E-state index contributed by atoms with van der Waals surface area (Å²) in [7, 11) is 1.50. The second kappa shape index (κ2) is 35.6. The molecule has 2 aromatic heterocycles. The first kappa shape index (κ1) is 56.1. The standard InChI is InChI=1S/C25H36N8O7.C10H14.C7H8.C4H6N2.CH5N/c26-14-27-7-3-6-20(32-23(38)12-30-22(37)11-28-15-35)25(40)33-21(24(39)31-10-17(36)13-34)8-16-9-29-19-5-2-1-4-18(16)19;1-2-3-7-10-8-5-4-6-9-10;1-7-5-3-2-4-6-7;1-4-2-5-3-6-4;1-2/h1-2,4-5,9,14-15,17,20-21,29,34,36H,3,6-8,10-13H2,(H2,26,27)(H,28,35)(H,30,37)(H,31,39)(H,32,38)(H,33,40);4-6,8-9H,2-3,7H2,1H3;2-6H,1H3;2-3H,1H3,(H,5,6);2H2,1H3/t17?,20-,21-;;;;/m0..../s1. The van der Waals surface area contributed by atoms with E-state index in [0.29, 0.717) is 19.4 Å². The Morgan fingerprint density at radius 1 is 0.831 bits per heavy atom. The second-order valence-electron chi connectivity index (χ2n) is 14.3. The summed E-state index contributed by atoms with van der Waals surface area (Å²) < 4.78 is 0. The Balaban J connectivity index is 0.000000670. The van der Waals surface area contributed by atoms with Gasteiger partial charge < -0.3 is 58.2 Å². The summed E-state index contributed by atoms with van der Waals surface area (Å²) in [6.07, 6.45) is 9.91. The fraction of sp³-hybridized carbons (Fsp3) is 0.383. The molecule has 0 fully saturated rings. The summed E-state index contributed by atoms with van der Waals surface area (Å²) >= 11 is 0. The summed E-state index contributed by atoms with van der Waals surface area (Å²) in [6, 6.07) is 26.2. The number of aryl methyl sites for hydroxylation is 3. The number of amides is 5. The van der Waals surface area contributed by atoms with Gasteiger partial charge in [-0.15, -0.1) is 0 Å². The molecule has 3 aromatic carbocycles. The van der Waals surface area contributed by atoms with E-state index in [1.807, 2.05) is 49.4 Å². The van der Waals surface area contributed by atoms with Crippen LogP contribution in [0.15, 0.2) is 109 Å². The van der Waals surface area contributed by atoms with Crippen LogP contribution in [0.4, 0.5) is 0 Å². The van der Waals surface area contributed by atoms with Crippen LogP contribution in [0.2, 0.25) is 0 Å². The summed E-state index contributed by atoms with van der Waals surface area (Å²) in [5.41, 5.74) is 15.2. The quantitative estimate of drug-likeness (QED) is 0.0221. The molecule has 0 aliphatic heterocycles. The van der Waals surface area contributed by atoms with Gasteiger partial charge in [-0.2, -0.15) is 0 Å². The van der Waals surface area contributed by atoms with E-state index in [0.717, 1.165) is 28.5 Å². The van der Waals surface area contributed by atoms with Crippen molar-refractivity contribution < 1.29 is 34.2 Å². The maximum Gasteiger partial charge on any atom is 0.243 e. The Kier molecular flexibility index (Phi) is 30.7.